The van der Waals surface area contributed by atoms with Crippen molar-refractivity contribution in [2.45, 2.75) is 24.7 Å². The highest BCUT2D eigenvalue weighted by Crippen LogP contribution is 2.26. The zero-order chi connectivity index (χ0) is 16.3. The van der Waals surface area contributed by atoms with Crippen LogP contribution in [0.1, 0.15) is 19.8 Å². The molecule has 0 spiro atoms. The average molecular weight is 329 g/mol. The molecule has 122 valence electrons. The molecule has 1 fully saturated rings. The van der Waals surface area contributed by atoms with Crippen molar-refractivity contribution in [3.05, 3.63) is 24.0 Å². The molecule has 22 heavy (non-hydrogen) atoms. The summed E-state index contributed by atoms with van der Waals surface area (Å²) in [6.07, 6.45) is 1.44. The van der Waals surface area contributed by atoms with Crippen LogP contribution in [0.2, 0.25) is 0 Å². The summed E-state index contributed by atoms with van der Waals surface area (Å²) in [6.45, 7) is 2.59. The van der Waals surface area contributed by atoms with Crippen LogP contribution in [0.3, 0.4) is 0 Å². The summed E-state index contributed by atoms with van der Waals surface area (Å²) in [5, 5.41) is 2.29. The molecule has 1 amide bonds. The predicted octanol–water partition coefficient (Wildman–Crippen LogP) is 1.14. The van der Waals surface area contributed by atoms with Gasteiger partial charge in [0.05, 0.1) is 10.6 Å². The number of hydrogen-bond acceptors (Lipinski definition) is 4. The molecule has 0 aliphatic carbocycles. The first-order valence-corrected chi connectivity index (χ1v) is 8.56. The zero-order valence-electron chi connectivity index (χ0n) is 12.4. The molecular formula is C14H20FN3O3S. The summed E-state index contributed by atoms with van der Waals surface area (Å²) in [5.74, 6) is -0.789. The second kappa shape index (κ2) is 6.72. The number of piperidine rings is 1. The maximum Gasteiger partial charge on any atom is 0.243 e. The second-order valence-electron chi connectivity index (χ2n) is 5.41. The topological polar surface area (TPSA) is 92.5 Å². The number of nitrogens with zero attached hydrogens (tertiary/aromatic N) is 1. The van der Waals surface area contributed by atoms with Crippen LogP contribution in [-0.2, 0) is 14.8 Å². The van der Waals surface area contributed by atoms with E-state index in [2.05, 4.69) is 5.32 Å². The Kier molecular flexibility index (Phi) is 5.15. The molecule has 1 saturated heterocycles. The Morgan fingerprint density at radius 3 is 2.59 bits per heavy atom. The number of anilines is 1. The molecule has 1 aliphatic rings. The van der Waals surface area contributed by atoms with Gasteiger partial charge in [0.25, 0.3) is 0 Å². The first kappa shape index (κ1) is 16.9. The molecule has 0 bridgehead atoms. The molecule has 1 aromatic carbocycles. The number of rotatable bonds is 4. The summed E-state index contributed by atoms with van der Waals surface area (Å²) in [4.78, 5) is 11.0. The van der Waals surface area contributed by atoms with Gasteiger partial charge in [-0.25, -0.2) is 12.8 Å². The van der Waals surface area contributed by atoms with E-state index in [0.717, 1.165) is 25.0 Å². The van der Waals surface area contributed by atoms with Crippen LogP contribution in [0, 0.1) is 11.7 Å². The molecule has 1 heterocycles. The van der Waals surface area contributed by atoms with E-state index in [9.17, 15) is 17.6 Å². The molecule has 0 atom stereocenters. The van der Waals surface area contributed by atoms with E-state index in [1.165, 1.54) is 17.3 Å². The van der Waals surface area contributed by atoms with Crippen molar-refractivity contribution in [3.8, 4) is 0 Å². The molecular weight excluding hydrogens is 309 g/mol. The van der Waals surface area contributed by atoms with Crippen molar-refractivity contribution < 1.29 is 17.6 Å². The number of nitrogens with two attached hydrogens (primary N) is 1. The number of carbonyl (C=O) groups is 1. The summed E-state index contributed by atoms with van der Waals surface area (Å²) < 4.78 is 40.2. The van der Waals surface area contributed by atoms with Crippen molar-refractivity contribution in [3.63, 3.8) is 0 Å². The summed E-state index contributed by atoms with van der Waals surface area (Å²) >= 11 is 0. The average Bonchev–Trinajstić information content (AvgIpc) is 2.49. The van der Waals surface area contributed by atoms with Crippen LogP contribution >= 0.6 is 0 Å². The first-order chi connectivity index (χ1) is 10.3. The van der Waals surface area contributed by atoms with Crippen molar-refractivity contribution in [1.29, 1.82) is 0 Å². The second-order valence-corrected chi connectivity index (χ2v) is 7.34. The maximum atomic E-state index is 13.6. The van der Waals surface area contributed by atoms with Crippen molar-refractivity contribution in [2.75, 3.05) is 25.0 Å². The zero-order valence-corrected chi connectivity index (χ0v) is 13.2. The normalized spacial score (nSPS) is 17.4. The smallest absolute Gasteiger partial charge is 0.243 e. The maximum absolute atomic E-state index is 13.6. The number of hydrogen-bond donors (Lipinski definition) is 2. The third kappa shape index (κ3) is 3.63. The van der Waals surface area contributed by atoms with Crippen LogP contribution in [0.4, 0.5) is 10.1 Å². The van der Waals surface area contributed by atoms with Gasteiger partial charge in [0, 0.05) is 20.0 Å². The number of carbonyl (C=O) groups excluding carboxylic acids is 1. The highest BCUT2D eigenvalue weighted by atomic mass is 32.2. The number of benzene rings is 1. The Morgan fingerprint density at radius 2 is 2.05 bits per heavy atom. The van der Waals surface area contributed by atoms with E-state index in [1.54, 1.807) is 0 Å². The Hall–Kier alpha value is -1.51. The van der Waals surface area contributed by atoms with E-state index >= 15 is 0 Å². The summed E-state index contributed by atoms with van der Waals surface area (Å²) in [7, 11) is -3.69. The lowest BCUT2D eigenvalue weighted by Gasteiger charge is -2.30. The Morgan fingerprint density at radius 1 is 1.41 bits per heavy atom. The minimum atomic E-state index is -3.69. The number of amides is 1. The molecule has 6 nitrogen and oxygen atoms in total. The van der Waals surface area contributed by atoms with Crippen LogP contribution < -0.4 is 11.1 Å². The largest absolute Gasteiger partial charge is 0.330 e. The Labute approximate surface area is 129 Å². The van der Waals surface area contributed by atoms with Crippen LogP contribution in [0.15, 0.2) is 23.1 Å². The minimum absolute atomic E-state index is 0.0242. The molecule has 0 saturated carbocycles. The number of nitrogens with one attached hydrogen (secondary N) is 1. The van der Waals surface area contributed by atoms with Crippen LogP contribution in [-0.4, -0.2) is 38.3 Å². The van der Waals surface area contributed by atoms with E-state index in [4.69, 9.17) is 5.73 Å². The van der Waals surface area contributed by atoms with E-state index in [-0.39, 0.29) is 10.6 Å². The van der Waals surface area contributed by atoms with Gasteiger partial charge in [-0.1, -0.05) is 0 Å². The standard InChI is InChI=1S/C14H20FN3O3S/c1-10(19)17-14-8-12(2-3-13(14)15)22(20,21)18-6-4-11(9-16)5-7-18/h2-3,8,11H,4-7,9,16H2,1H3,(H,17,19). The lowest BCUT2D eigenvalue weighted by molar-refractivity contribution is -0.114. The van der Waals surface area contributed by atoms with Gasteiger partial charge in [0.1, 0.15) is 5.82 Å². The van der Waals surface area contributed by atoms with Crippen molar-refractivity contribution in [2.24, 2.45) is 11.7 Å². The molecule has 0 aromatic heterocycles. The van der Waals surface area contributed by atoms with Gasteiger partial charge in [-0.2, -0.15) is 4.31 Å². The van der Waals surface area contributed by atoms with E-state index < -0.39 is 21.7 Å². The van der Waals surface area contributed by atoms with Crippen molar-refractivity contribution >= 4 is 21.6 Å². The summed E-state index contributed by atoms with van der Waals surface area (Å²) in [6, 6.07) is 3.41. The number of sulfonamides is 1. The molecule has 2 rings (SSSR count). The fraction of sp³-hybridized carbons (Fsp3) is 0.500. The molecule has 3 N–H and O–H groups in total. The monoisotopic (exact) mass is 329 g/mol. The fourth-order valence-electron chi connectivity index (χ4n) is 2.48. The molecule has 8 heteroatoms. The third-order valence-corrected chi connectivity index (χ3v) is 5.69. The quantitative estimate of drug-likeness (QED) is 0.866. The molecule has 0 unspecified atom stereocenters. The van der Waals surface area contributed by atoms with E-state index in [0.29, 0.717) is 25.6 Å². The Balaban J connectivity index is 2.24. The molecule has 1 aromatic rings. The number of halogens is 1. The van der Waals surface area contributed by atoms with Crippen LogP contribution in [0.5, 0.6) is 0 Å². The Bertz CT molecular complexity index is 655. The lowest BCUT2D eigenvalue weighted by atomic mass is 9.99. The summed E-state index contributed by atoms with van der Waals surface area (Å²) in [5.41, 5.74) is 5.47. The van der Waals surface area contributed by atoms with Gasteiger partial charge in [0.15, 0.2) is 0 Å². The van der Waals surface area contributed by atoms with Crippen molar-refractivity contribution in [1.82, 2.24) is 4.31 Å². The third-order valence-electron chi connectivity index (χ3n) is 3.79. The van der Waals surface area contributed by atoms with Gasteiger partial charge < -0.3 is 11.1 Å². The van der Waals surface area contributed by atoms with Gasteiger partial charge in [-0.15, -0.1) is 0 Å². The molecule has 1 aliphatic heterocycles. The lowest BCUT2D eigenvalue weighted by Crippen LogP contribution is -2.40. The highest BCUT2D eigenvalue weighted by molar-refractivity contribution is 7.89. The van der Waals surface area contributed by atoms with Gasteiger partial charge >= 0.3 is 0 Å². The van der Waals surface area contributed by atoms with E-state index in [1.807, 2.05) is 0 Å². The predicted molar refractivity (Wildman–Crippen MR) is 81.2 cm³/mol. The van der Waals surface area contributed by atoms with Gasteiger partial charge in [-0.05, 0) is 43.5 Å². The minimum Gasteiger partial charge on any atom is -0.330 e. The highest BCUT2D eigenvalue weighted by Gasteiger charge is 2.29. The molecule has 0 radical (unpaired) electrons. The fourth-order valence-corrected chi connectivity index (χ4v) is 3.98. The SMILES string of the molecule is CC(=O)Nc1cc(S(=O)(=O)N2CCC(CN)CC2)ccc1F. The van der Waals surface area contributed by atoms with Gasteiger partial charge in [-0.3, -0.25) is 4.79 Å². The van der Waals surface area contributed by atoms with Gasteiger partial charge in [0.2, 0.25) is 15.9 Å². The van der Waals surface area contributed by atoms with Crippen LogP contribution in [0.25, 0.3) is 0 Å². The first-order valence-electron chi connectivity index (χ1n) is 7.12.